The predicted molar refractivity (Wildman–Crippen MR) is 107 cm³/mol. The third-order valence-corrected chi connectivity index (χ3v) is 5.19. The molecule has 0 spiro atoms. The van der Waals surface area contributed by atoms with Crippen molar-refractivity contribution in [2.75, 3.05) is 11.4 Å². The van der Waals surface area contributed by atoms with Gasteiger partial charge in [-0.2, -0.15) is 0 Å². The normalized spacial score (nSPS) is 16.3. The lowest BCUT2D eigenvalue weighted by Crippen LogP contribution is -2.32. The van der Waals surface area contributed by atoms with Gasteiger partial charge in [-0.15, -0.1) is 5.10 Å². The largest absolute Gasteiger partial charge is 0.350 e. The summed E-state index contributed by atoms with van der Waals surface area (Å²) >= 11 is 0. The van der Waals surface area contributed by atoms with Gasteiger partial charge < -0.3 is 10.2 Å². The van der Waals surface area contributed by atoms with E-state index in [0.29, 0.717) is 12.2 Å². The molecule has 2 amide bonds. The number of hydrogen-bond donors (Lipinski definition) is 1. The van der Waals surface area contributed by atoms with E-state index >= 15 is 0 Å². The van der Waals surface area contributed by atoms with Crippen molar-refractivity contribution in [1.82, 2.24) is 25.3 Å². The minimum Gasteiger partial charge on any atom is -0.350 e. The maximum absolute atomic E-state index is 12.6. The number of aromatic nitrogens is 4. The summed E-state index contributed by atoms with van der Waals surface area (Å²) < 4.78 is 1.61. The highest BCUT2D eigenvalue weighted by molar-refractivity contribution is 6.00. The number of nitrogens with one attached hydrogen (secondary N) is 1. The fourth-order valence-electron chi connectivity index (χ4n) is 3.34. The Balaban J connectivity index is 1.36. The number of pyridine rings is 1. The van der Waals surface area contributed by atoms with Gasteiger partial charge in [0.25, 0.3) is 0 Å². The van der Waals surface area contributed by atoms with Gasteiger partial charge in [0.1, 0.15) is 5.69 Å². The van der Waals surface area contributed by atoms with Crippen LogP contribution in [0.3, 0.4) is 0 Å². The van der Waals surface area contributed by atoms with Crippen LogP contribution in [0.1, 0.15) is 23.2 Å². The van der Waals surface area contributed by atoms with Gasteiger partial charge in [0, 0.05) is 24.8 Å². The van der Waals surface area contributed by atoms with E-state index in [0.717, 1.165) is 16.9 Å². The number of aryl methyl sites for hydroxylation is 2. The smallest absolute Gasteiger partial charge is 0.227 e. The number of amides is 2. The topological polar surface area (TPSA) is 93.0 Å². The minimum atomic E-state index is -0.377. The SMILES string of the molecule is Cc1ccc(N2CC(C(=O)NCc3cn(-c4cccnc4)nn3)CC2=O)cc1C. The second-order valence-corrected chi connectivity index (χ2v) is 7.26. The van der Waals surface area contributed by atoms with E-state index in [2.05, 4.69) is 20.6 Å². The van der Waals surface area contributed by atoms with Crippen LogP contribution in [0, 0.1) is 19.8 Å². The molecule has 2 aromatic heterocycles. The van der Waals surface area contributed by atoms with Gasteiger partial charge in [-0.25, -0.2) is 4.68 Å². The van der Waals surface area contributed by atoms with E-state index in [9.17, 15) is 9.59 Å². The van der Waals surface area contributed by atoms with Crippen molar-refractivity contribution in [2.45, 2.75) is 26.8 Å². The first-order chi connectivity index (χ1) is 14.0. The van der Waals surface area contributed by atoms with Crippen LogP contribution in [0.2, 0.25) is 0 Å². The van der Waals surface area contributed by atoms with Gasteiger partial charge in [0.2, 0.25) is 11.8 Å². The summed E-state index contributed by atoms with van der Waals surface area (Å²) in [6.07, 6.45) is 5.33. The van der Waals surface area contributed by atoms with Crippen LogP contribution < -0.4 is 10.2 Å². The molecule has 29 heavy (non-hydrogen) atoms. The molecule has 0 saturated carbocycles. The van der Waals surface area contributed by atoms with Crippen molar-refractivity contribution in [3.05, 3.63) is 65.7 Å². The van der Waals surface area contributed by atoms with Crippen molar-refractivity contribution >= 4 is 17.5 Å². The maximum atomic E-state index is 12.6. The van der Waals surface area contributed by atoms with Crippen LogP contribution in [0.15, 0.2) is 48.9 Å². The van der Waals surface area contributed by atoms with Crippen molar-refractivity contribution < 1.29 is 9.59 Å². The zero-order valence-electron chi connectivity index (χ0n) is 16.4. The molecule has 0 radical (unpaired) electrons. The van der Waals surface area contributed by atoms with Gasteiger partial charge in [-0.3, -0.25) is 14.6 Å². The molecule has 1 fully saturated rings. The average Bonchev–Trinajstić information content (AvgIpc) is 3.36. The lowest BCUT2D eigenvalue weighted by molar-refractivity contribution is -0.126. The molecule has 148 valence electrons. The summed E-state index contributed by atoms with van der Waals surface area (Å²) in [5.74, 6) is -0.561. The fraction of sp³-hybridized carbons (Fsp3) is 0.286. The molecule has 1 unspecified atom stereocenters. The minimum absolute atomic E-state index is 0.0316. The molecule has 1 aromatic carbocycles. The van der Waals surface area contributed by atoms with Gasteiger partial charge >= 0.3 is 0 Å². The monoisotopic (exact) mass is 390 g/mol. The molecule has 3 heterocycles. The van der Waals surface area contributed by atoms with E-state index < -0.39 is 0 Å². The zero-order chi connectivity index (χ0) is 20.4. The van der Waals surface area contributed by atoms with Gasteiger partial charge in [-0.05, 0) is 49.2 Å². The van der Waals surface area contributed by atoms with Crippen LogP contribution in [0.25, 0.3) is 5.69 Å². The molecule has 8 nitrogen and oxygen atoms in total. The van der Waals surface area contributed by atoms with Crippen LogP contribution in [0.4, 0.5) is 5.69 Å². The number of anilines is 1. The lowest BCUT2D eigenvalue weighted by atomic mass is 10.1. The van der Waals surface area contributed by atoms with Crippen molar-refractivity contribution in [2.24, 2.45) is 5.92 Å². The average molecular weight is 390 g/mol. The Morgan fingerprint density at radius 1 is 1.21 bits per heavy atom. The van der Waals surface area contributed by atoms with Crippen molar-refractivity contribution in [3.8, 4) is 5.69 Å². The lowest BCUT2D eigenvalue weighted by Gasteiger charge is -2.18. The number of hydrogen-bond acceptors (Lipinski definition) is 5. The Hall–Kier alpha value is -3.55. The maximum Gasteiger partial charge on any atom is 0.227 e. The highest BCUT2D eigenvalue weighted by atomic mass is 16.2. The van der Waals surface area contributed by atoms with Gasteiger partial charge in [0.15, 0.2) is 0 Å². The number of benzene rings is 1. The Kier molecular flexibility index (Phi) is 5.07. The quantitative estimate of drug-likeness (QED) is 0.719. The van der Waals surface area contributed by atoms with Crippen LogP contribution in [0.5, 0.6) is 0 Å². The Morgan fingerprint density at radius 2 is 2.07 bits per heavy atom. The van der Waals surface area contributed by atoms with Crippen molar-refractivity contribution in [1.29, 1.82) is 0 Å². The van der Waals surface area contributed by atoms with Crippen molar-refractivity contribution in [3.63, 3.8) is 0 Å². The summed E-state index contributed by atoms with van der Waals surface area (Å²) in [5.41, 5.74) is 4.57. The third-order valence-electron chi connectivity index (χ3n) is 5.19. The molecular formula is C21H22N6O2. The standard InChI is InChI=1S/C21H22N6O2/c1-14-5-6-18(8-15(14)2)26-12-16(9-20(26)28)21(29)23-10-17-13-27(25-24-17)19-4-3-7-22-11-19/h3-8,11,13,16H,9-10,12H2,1-2H3,(H,23,29). The number of carbonyl (C=O) groups is 2. The van der Waals surface area contributed by atoms with E-state index in [1.54, 1.807) is 28.2 Å². The highest BCUT2D eigenvalue weighted by Gasteiger charge is 2.35. The molecule has 0 bridgehead atoms. The van der Waals surface area contributed by atoms with Crippen LogP contribution >= 0.6 is 0 Å². The summed E-state index contributed by atoms with van der Waals surface area (Å²) in [7, 11) is 0. The fourth-order valence-corrected chi connectivity index (χ4v) is 3.34. The summed E-state index contributed by atoms with van der Waals surface area (Å²) in [4.78, 5) is 30.8. The molecule has 1 aliphatic heterocycles. The van der Waals surface area contributed by atoms with Gasteiger partial charge in [0.05, 0.1) is 30.5 Å². The second-order valence-electron chi connectivity index (χ2n) is 7.26. The molecule has 3 aromatic rings. The van der Waals surface area contributed by atoms with E-state index in [1.165, 1.54) is 5.56 Å². The molecule has 4 rings (SSSR count). The van der Waals surface area contributed by atoms with E-state index in [-0.39, 0.29) is 30.7 Å². The van der Waals surface area contributed by atoms with E-state index in [1.807, 2.05) is 44.2 Å². The highest BCUT2D eigenvalue weighted by Crippen LogP contribution is 2.27. The summed E-state index contributed by atoms with van der Waals surface area (Å²) in [6.45, 7) is 4.69. The predicted octanol–water partition coefficient (Wildman–Crippen LogP) is 1.95. The van der Waals surface area contributed by atoms with Gasteiger partial charge in [-0.1, -0.05) is 11.3 Å². The van der Waals surface area contributed by atoms with E-state index in [4.69, 9.17) is 0 Å². The molecule has 1 atom stereocenters. The Bertz CT molecular complexity index is 1050. The first-order valence-corrected chi connectivity index (χ1v) is 9.48. The molecule has 1 N–H and O–H groups in total. The van der Waals surface area contributed by atoms with Crippen LogP contribution in [-0.4, -0.2) is 38.3 Å². The molecule has 1 aliphatic rings. The zero-order valence-corrected chi connectivity index (χ0v) is 16.4. The summed E-state index contributed by atoms with van der Waals surface area (Å²) in [5, 5.41) is 11.0. The number of nitrogens with zero attached hydrogens (tertiary/aromatic N) is 5. The number of rotatable bonds is 5. The molecular weight excluding hydrogens is 368 g/mol. The first kappa shape index (κ1) is 18.8. The molecule has 1 saturated heterocycles. The molecule has 0 aliphatic carbocycles. The number of carbonyl (C=O) groups excluding carboxylic acids is 2. The Morgan fingerprint density at radius 3 is 2.83 bits per heavy atom. The third kappa shape index (κ3) is 4.01. The Labute approximate surface area is 168 Å². The summed E-state index contributed by atoms with van der Waals surface area (Å²) in [6, 6.07) is 9.60. The molecule has 8 heteroatoms. The first-order valence-electron chi connectivity index (χ1n) is 9.48. The second kappa shape index (κ2) is 7.83. The van der Waals surface area contributed by atoms with Crippen LogP contribution in [-0.2, 0) is 16.1 Å².